The first-order valence-corrected chi connectivity index (χ1v) is 31.4. The van der Waals surface area contributed by atoms with Crippen molar-refractivity contribution < 1.29 is 38.0 Å². The Morgan fingerprint density at radius 1 is 0.481 bits per heavy atom. The molecule has 3 N–H and O–H groups in total. The molecule has 0 aromatic carbocycles. The number of phosphoric ester groups is 1. The van der Waals surface area contributed by atoms with Gasteiger partial charge in [-0.25, -0.2) is 0 Å². The fraction of sp³-hybridized carbons (Fsp3) is 0.597. The first kappa shape index (κ1) is 73.1. The zero-order chi connectivity index (χ0) is 56.4. The maximum Gasteiger partial charge on any atom is 0.268 e. The SMILES string of the molecule is CC/C=C\C/C=C\C/C=C\C/C=C\C/C=C\C/C=C\C/C=C\C/C=C\C/C=C\C/C=C\C/C=C\CCCCCCCCCC(=O)NC(COP(=O)([O-])OCC[N+](C)(C)C)C(O)C(O)CCC/C=C/CC/C=C/CCCCC. The maximum absolute atomic E-state index is 13.0. The molecule has 0 rings (SSSR count). The first-order chi connectivity index (χ1) is 37.4. The van der Waals surface area contributed by atoms with Gasteiger partial charge < -0.3 is 34.0 Å². The van der Waals surface area contributed by atoms with E-state index < -0.39 is 32.7 Å². The monoisotopic (exact) mass is 1090 g/mol. The van der Waals surface area contributed by atoms with Crippen LogP contribution in [0.2, 0.25) is 0 Å². The summed E-state index contributed by atoms with van der Waals surface area (Å²) in [6, 6.07) is -1.11. The molecule has 436 valence electrons. The van der Waals surface area contributed by atoms with Crippen molar-refractivity contribution in [3.05, 3.63) is 158 Å². The van der Waals surface area contributed by atoms with Crippen LogP contribution in [0.25, 0.3) is 0 Å². The molecule has 0 aliphatic heterocycles. The van der Waals surface area contributed by atoms with E-state index in [0.29, 0.717) is 30.3 Å². The molecule has 0 heterocycles. The molecule has 4 unspecified atom stereocenters. The van der Waals surface area contributed by atoms with Crippen LogP contribution in [0.1, 0.15) is 200 Å². The maximum atomic E-state index is 13.0. The molecule has 0 aliphatic carbocycles. The lowest BCUT2D eigenvalue weighted by molar-refractivity contribution is -0.870. The van der Waals surface area contributed by atoms with Crippen molar-refractivity contribution in [2.75, 3.05) is 40.9 Å². The third-order valence-corrected chi connectivity index (χ3v) is 13.3. The molecule has 77 heavy (non-hydrogen) atoms. The van der Waals surface area contributed by atoms with Crippen molar-refractivity contribution in [3.63, 3.8) is 0 Å². The summed E-state index contributed by atoms with van der Waals surface area (Å²) in [6.07, 6.45) is 83.2. The number of nitrogens with zero attached hydrogens (tertiary/aromatic N) is 1. The van der Waals surface area contributed by atoms with Crippen LogP contribution in [0.4, 0.5) is 0 Å². The number of quaternary nitrogens is 1. The van der Waals surface area contributed by atoms with E-state index in [-0.39, 0.29) is 18.9 Å². The number of unbranched alkanes of at least 4 members (excludes halogenated alkanes) is 12. The summed E-state index contributed by atoms with van der Waals surface area (Å²) in [5.74, 6) is -0.312. The summed E-state index contributed by atoms with van der Waals surface area (Å²) in [4.78, 5) is 25.5. The second-order valence-electron chi connectivity index (χ2n) is 20.7. The number of phosphoric acid groups is 1. The molecule has 0 bridgehead atoms. The van der Waals surface area contributed by atoms with Gasteiger partial charge in [0.25, 0.3) is 7.82 Å². The Kier molecular flexibility index (Phi) is 52.6. The van der Waals surface area contributed by atoms with Crippen molar-refractivity contribution in [3.8, 4) is 0 Å². The van der Waals surface area contributed by atoms with E-state index in [1.807, 2.05) is 21.1 Å². The van der Waals surface area contributed by atoms with Crippen molar-refractivity contribution in [1.29, 1.82) is 0 Å². The van der Waals surface area contributed by atoms with Gasteiger partial charge in [-0.1, -0.05) is 217 Å². The number of carbonyl (C=O) groups is 1. The first-order valence-electron chi connectivity index (χ1n) is 29.9. The Morgan fingerprint density at radius 3 is 1.25 bits per heavy atom. The second kappa shape index (κ2) is 55.4. The van der Waals surface area contributed by atoms with Gasteiger partial charge in [0.2, 0.25) is 5.91 Å². The third-order valence-electron chi connectivity index (χ3n) is 12.3. The molecule has 0 radical (unpaired) electrons. The molecule has 0 aromatic rings. The number of rotatable bonds is 52. The van der Waals surface area contributed by atoms with E-state index >= 15 is 0 Å². The lowest BCUT2D eigenvalue weighted by Crippen LogP contribution is -2.51. The minimum Gasteiger partial charge on any atom is -0.756 e. The summed E-state index contributed by atoms with van der Waals surface area (Å²) in [6.45, 7) is 4.23. The number of hydrogen-bond donors (Lipinski definition) is 3. The molecule has 4 atom stereocenters. The molecular formula is C67H111N2O7P. The molecule has 1 amide bonds. The molecular weight excluding hydrogens is 976 g/mol. The zero-order valence-corrected chi connectivity index (χ0v) is 50.1. The minimum atomic E-state index is -4.70. The normalized spacial score (nSPS) is 15.4. The Bertz CT molecular complexity index is 1830. The van der Waals surface area contributed by atoms with Gasteiger partial charge in [-0.05, 0) is 135 Å². The zero-order valence-electron chi connectivity index (χ0n) is 49.2. The number of amides is 1. The predicted molar refractivity (Wildman–Crippen MR) is 330 cm³/mol. The lowest BCUT2D eigenvalue weighted by atomic mass is 10.0. The van der Waals surface area contributed by atoms with Crippen LogP contribution in [-0.2, 0) is 18.4 Å². The average Bonchev–Trinajstić information content (AvgIpc) is 3.39. The van der Waals surface area contributed by atoms with Crippen LogP contribution in [0.5, 0.6) is 0 Å². The van der Waals surface area contributed by atoms with Gasteiger partial charge in [0.1, 0.15) is 19.3 Å². The van der Waals surface area contributed by atoms with E-state index in [0.717, 1.165) is 128 Å². The number of nitrogens with one attached hydrogen (secondary N) is 1. The van der Waals surface area contributed by atoms with Gasteiger partial charge in [-0.2, -0.15) is 0 Å². The quantitative estimate of drug-likeness (QED) is 0.0239. The second-order valence-corrected chi connectivity index (χ2v) is 22.1. The fourth-order valence-corrected chi connectivity index (χ4v) is 8.35. The van der Waals surface area contributed by atoms with Crippen molar-refractivity contribution >= 4 is 13.7 Å². The standard InChI is InChI=1S/C67H111N2O7P/c1-6-8-10-12-14-16-18-20-21-22-23-24-25-26-27-28-29-30-31-32-33-34-35-36-37-38-39-40-41-42-43-44-45-46-47-48-50-52-54-56-58-60-66(71)68-64(63-76-77(73,74)75-62-61-69(3,4)5)67(72)65(70)59-57-55-53-51-49-19-17-15-13-11-9-7-2/h8,10,14-17,20-21,23-24,26-27,29-30,32-33,35-36,38-39,41-42,44-45,51,53,64-65,67,70,72H,6-7,9,11-13,18-19,22,25,28,31,34,37,40,43,46-50,52,54-63H2,1-5H3,(H-,68,71,73,74)/b10-8-,16-14-,17-15+,21-20-,24-23-,27-26-,30-29-,33-32-,36-35-,39-38-,42-41-,45-44-,53-51+. The van der Waals surface area contributed by atoms with Gasteiger partial charge in [-0.3, -0.25) is 9.36 Å². The van der Waals surface area contributed by atoms with Crippen LogP contribution in [0.3, 0.4) is 0 Å². The van der Waals surface area contributed by atoms with Crippen molar-refractivity contribution in [1.82, 2.24) is 5.32 Å². The van der Waals surface area contributed by atoms with Crippen LogP contribution in [0.15, 0.2) is 158 Å². The highest BCUT2D eigenvalue weighted by Gasteiger charge is 2.29. The van der Waals surface area contributed by atoms with Crippen molar-refractivity contribution in [2.24, 2.45) is 0 Å². The Labute approximate surface area is 472 Å². The minimum absolute atomic E-state index is 0.0595. The molecule has 0 saturated heterocycles. The summed E-state index contributed by atoms with van der Waals surface area (Å²) in [5.41, 5.74) is 0. The van der Waals surface area contributed by atoms with Gasteiger partial charge in [-0.15, -0.1) is 0 Å². The Balaban J connectivity index is 4.21. The number of allylic oxidation sites excluding steroid dienone is 26. The van der Waals surface area contributed by atoms with Gasteiger partial charge in [0.15, 0.2) is 0 Å². The number of aliphatic hydroxyl groups excluding tert-OH is 2. The van der Waals surface area contributed by atoms with Crippen LogP contribution >= 0.6 is 7.82 Å². The molecule has 9 nitrogen and oxygen atoms in total. The smallest absolute Gasteiger partial charge is 0.268 e. The van der Waals surface area contributed by atoms with Crippen LogP contribution in [-0.4, -0.2) is 79.8 Å². The summed E-state index contributed by atoms with van der Waals surface area (Å²) >= 11 is 0. The van der Waals surface area contributed by atoms with Crippen LogP contribution in [0, 0.1) is 0 Å². The topological polar surface area (TPSA) is 128 Å². The number of hydrogen-bond acceptors (Lipinski definition) is 7. The highest BCUT2D eigenvalue weighted by atomic mass is 31.2. The van der Waals surface area contributed by atoms with Crippen molar-refractivity contribution in [2.45, 2.75) is 218 Å². The van der Waals surface area contributed by atoms with Gasteiger partial charge in [0.05, 0.1) is 39.9 Å². The van der Waals surface area contributed by atoms with Gasteiger partial charge in [0, 0.05) is 6.42 Å². The van der Waals surface area contributed by atoms with Gasteiger partial charge >= 0.3 is 0 Å². The largest absolute Gasteiger partial charge is 0.756 e. The molecule has 0 fully saturated rings. The van der Waals surface area contributed by atoms with Crippen LogP contribution < -0.4 is 10.2 Å². The third kappa shape index (κ3) is 56.6. The van der Waals surface area contributed by atoms with E-state index in [2.05, 4.69) is 177 Å². The summed E-state index contributed by atoms with van der Waals surface area (Å²) in [7, 11) is 1.07. The predicted octanol–water partition coefficient (Wildman–Crippen LogP) is 17.0. The Morgan fingerprint density at radius 2 is 0.831 bits per heavy atom. The number of aliphatic hydroxyl groups is 2. The summed E-state index contributed by atoms with van der Waals surface area (Å²) in [5, 5.41) is 24.7. The lowest BCUT2D eigenvalue weighted by Gasteiger charge is -2.31. The van der Waals surface area contributed by atoms with E-state index in [1.54, 1.807) is 0 Å². The molecule has 10 heteroatoms. The van der Waals surface area contributed by atoms with E-state index in [1.165, 1.54) is 32.1 Å². The number of carbonyl (C=O) groups excluding carboxylic acids is 1. The highest BCUT2D eigenvalue weighted by Crippen LogP contribution is 2.38. The molecule has 0 spiro atoms. The molecule has 0 aliphatic rings. The highest BCUT2D eigenvalue weighted by molar-refractivity contribution is 7.45. The number of likely N-dealkylation sites (N-methyl/N-ethyl adjacent to an activating group) is 1. The molecule has 0 saturated carbocycles. The Hall–Kier alpha value is -3.92. The average molecular weight is 1090 g/mol. The van der Waals surface area contributed by atoms with E-state index in [9.17, 15) is 24.5 Å². The fourth-order valence-electron chi connectivity index (χ4n) is 7.63. The summed E-state index contributed by atoms with van der Waals surface area (Å²) < 4.78 is 23.2. The van der Waals surface area contributed by atoms with E-state index in [4.69, 9.17) is 9.05 Å². The molecule has 0 aromatic heterocycles.